The predicted octanol–water partition coefficient (Wildman–Crippen LogP) is 2.11. The fourth-order valence-electron chi connectivity index (χ4n) is 1.07. The van der Waals surface area contributed by atoms with Gasteiger partial charge in [-0.15, -0.1) is 5.17 Å². The van der Waals surface area contributed by atoms with Gasteiger partial charge in [-0.2, -0.15) is 5.43 Å². The van der Waals surface area contributed by atoms with Crippen molar-refractivity contribution in [1.82, 2.24) is 5.43 Å². The smallest absolute Gasteiger partial charge is 0.142 e. The number of anilines is 1. The Morgan fingerprint density at radius 2 is 2.08 bits per heavy atom. The molecule has 3 nitrogen and oxygen atoms in total. The summed E-state index contributed by atoms with van der Waals surface area (Å²) in [4.78, 5) is 5.27. The van der Waals surface area contributed by atoms with E-state index in [0.29, 0.717) is 17.3 Å². The first-order chi connectivity index (χ1) is 6.25. The van der Waals surface area contributed by atoms with E-state index in [9.17, 15) is 0 Å². The topological polar surface area (TPSA) is 24.5 Å². The monoisotopic (exact) mass is 196 g/mol. The van der Waals surface area contributed by atoms with Crippen molar-refractivity contribution < 1.29 is 4.84 Å². The minimum Gasteiger partial charge on any atom is -0.368 e. The molecule has 4 heteroatoms. The lowest BCUT2D eigenvalue weighted by Gasteiger charge is -2.15. The largest absolute Gasteiger partial charge is 0.368 e. The van der Waals surface area contributed by atoms with E-state index in [1.165, 1.54) is 0 Å². The van der Waals surface area contributed by atoms with Gasteiger partial charge in [0.2, 0.25) is 0 Å². The van der Waals surface area contributed by atoms with Crippen LogP contribution < -0.4 is 10.6 Å². The first-order valence-electron chi connectivity index (χ1n) is 3.90. The minimum absolute atomic E-state index is 0.641. The van der Waals surface area contributed by atoms with Crippen molar-refractivity contribution in [2.75, 3.05) is 11.7 Å². The van der Waals surface area contributed by atoms with Gasteiger partial charge in [-0.3, -0.25) is 0 Å². The Morgan fingerprint density at radius 3 is 2.62 bits per heavy atom. The van der Waals surface area contributed by atoms with Crippen molar-refractivity contribution >= 4 is 17.3 Å². The Labute approximate surface area is 81.5 Å². The van der Waals surface area contributed by atoms with E-state index in [1.807, 2.05) is 24.3 Å². The summed E-state index contributed by atoms with van der Waals surface area (Å²) in [5.41, 5.74) is 3.92. The average molecular weight is 197 g/mol. The van der Waals surface area contributed by atoms with Crippen molar-refractivity contribution in [2.45, 2.75) is 0 Å². The van der Waals surface area contributed by atoms with Crippen LogP contribution in [0.5, 0.6) is 0 Å². The van der Waals surface area contributed by atoms with Crippen LogP contribution >= 0.6 is 11.6 Å². The first kappa shape index (κ1) is 8.41. The van der Waals surface area contributed by atoms with Crippen LogP contribution in [0.25, 0.3) is 0 Å². The van der Waals surface area contributed by atoms with E-state index in [-0.39, 0.29) is 0 Å². The van der Waals surface area contributed by atoms with Crippen LogP contribution in [-0.2, 0) is 4.84 Å². The minimum atomic E-state index is 0.641. The van der Waals surface area contributed by atoms with E-state index in [2.05, 4.69) is 12.0 Å². The number of hydrogen-bond donors (Lipinski definition) is 1. The van der Waals surface area contributed by atoms with E-state index < -0.39 is 0 Å². The third-order valence-electron chi connectivity index (χ3n) is 1.70. The van der Waals surface area contributed by atoms with E-state index in [0.717, 1.165) is 5.69 Å². The van der Waals surface area contributed by atoms with Gasteiger partial charge in [0.05, 0.1) is 12.2 Å². The van der Waals surface area contributed by atoms with Gasteiger partial charge in [-0.1, -0.05) is 18.2 Å². The third kappa shape index (κ3) is 1.76. The molecular formula is C9H9ClN2O. The van der Waals surface area contributed by atoms with Crippen LogP contribution in [0.15, 0.2) is 36.6 Å². The maximum absolute atomic E-state index is 5.75. The van der Waals surface area contributed by atoms with Gasteiger partial charge < -0.3 is 4.84 Å². The highest BCUT2D eigenvalue weighted by atomic mass is 35.5. The van der Waals surface area contributed by atoms with Crippen LogP contribution in [0.1, 0.15) is 0 Å². The summed E-state index contributed by atoms with van der Waals surface area (Å²) < 4.78 is 0. The van der Waals surface area contributed by atoms with Crippen molar-refractivity contribution in [3.63, 3.8) is 0 Å². The van der Waals surface area contributed by atoms with Gasteiger partial charge in [0.1, 0.15) is 5.76 Å². The summed E-state index contributed by atoms with van der Waals surface area (Å²) in [5, 5.41) is 2.28. The van der Waals surface area contributed by atoms with Crippen LogP contribution in [0.4, 0.5) is 5.69 Å². The van der Waals surface area contributed by atoms with Gasteiger partial charge in [-0.25, -0.2) is 0 Å². The summed E-state index contributed by atoms with van der Waals surface area (Å²) in [6.45, 7) is 4.34. The first-order valence-corrected chi connectivity index (χ1v) is 4.28. The molecule has 0 aromatic heterocycles. The molecule has 1 N–H and O–H groups in total. The number of hydrazine groups is 1. The van der Waals surface area contributed by atoms with Gasteiger partial charge in [0, 0.05) is 5.02 Å². The summed E-state index contributed by atoms with van der Waals surface area (Å²) in [6, 6.07) is 7.36. The second kappa shape index (κ2) is 3.28. The fourth-order valence-corrected chi connectivity index (χ4v) is 1.20. The quantitative estimate of drug-likeness (QED) is 0.745. The normalized spacial score (nSPS) is 16.1. The summed E-state index contributed by atoms with van der Waals surface area (Å²) in [6.07, 6.45) is 0. The summed E-state index contributed by atoms with van der Waals surface area (Å²) in [5.74, 6) is 0.704. The number of rotatable bonds is 1. The molecule has 1 aliphatic heterocycles. The highest BCUT2D eigenvalue weighted by molar-refractivity contribution is 6.30. The summed E-state index contributed by atoms with van der Waals surface area (Å²) >= 11 is 5.75. The van der Waals surface area contributed by atoms with Gasteiger partial charge in [-0.05, 0) is 24.3 Å². The maximum Gasteiger partial charge on any atom is 0.142 e. The highest BCUT2D eigenvalue weighted by Crippen LogP contribution is 2.20. The SMILES string of the molecule is C=C1CNN(c2ccc(Cl)cc2)O1. The van der Waals surface area contributed by atoms with Crippen molar-refractivity contribution in [2.24, 2.45) is 0 Å². The Hall–Kier alpha value is -1.19. The molecule has 1 aromatic carbocycles. The zero-order valence-corrected chi connectivity index (χ0v) is 7.71. The van der Waals surface area contributed by atoms with E-state index >= 15 is 0 Å². The number of nitrogens with zero attached hydrogens (tertiary/aromatic N) is 1. The molecule has 2 rings (SSSR count). The van der Waals surface area contributed by atoms with Crippen molar-refractivity contribution in [3.8, 4) is 0 Å². The molecule has 0 bridgehead atoms. The van der Waals surface area contributed by atoms with Crippen LogP contribution in [0.2, 0.25) is 5.02 Å². The van der Waals surface area contributed by atoms with Crippen LogP contribution in [0.3, 0.4) is 0 Å². The third-order valence-corrected chi connectivity index (χ3v) is 1.95. The van der Waals surface area contributed by atoms with Crippen LogP contribution in [0, 0.1) is 0 Å². The molecule has 1 fully saturated rings. The summed E-state index contributed by atoms with van der Waals surface area (Å²) in [7, 11) is 0. The number of hydrogen-bond acceptors (Lipinski definition) is 3. The maximum atomic E-state index is 5.75. The van der Waals surface area contributed by atoms with E-state index in [1.54, 1.807) is 5.17 Å². The second-order valence-electron chi connectivity index (χ2n) is 2.74. The van der Waals surface area contributed by atoms with Crippen molar-refractivity contribution in [3.05, 3.63) is 41.6 Å². The lowest BCUT2D eigenvalue weighted by atomic mass is 10.3. The highest BCUT2D eigenvalue weighted by Gasteiger charge is 2.15. The second-order valence-corrected chi connectivity index (χ2v) is 3.17. The zero-order chi connectivity index (χ0) is 9.26. The fraction of sp³-hybridized carbons (Fsp3) is 0.111. The number of benzene rings is 1. The van der Waals surface area contributed by atoms with E-state index in [4.69, 9.17) is 16.4 Å². The molecule has 0 saturated carbocycles. The molecule has 0 atom stereocenters. The average Bonchev–Trinajstić information content (AvgIpc) is 2.53. The Kier molecular flexibility index (Phi) is 2.12. The lowest BCUT2D eigenvalue weighted by molar-refractivity contribution is 0.213. The Bertz CT molecular complexity index is 323. The molecule has 1 heterocycles. The Morgan fingerprint density at radius 1 is 1.38 bits per heavy atom. The molecule has 1 aromatic rings. The molecule has 13 heavy (non-hydrogen) atoms. The van der Waals surface area contributed by atoms with Crippen LogP contribution in [-0.4, -0.2) is 6.54 Å². The molecule has 1 aliphatic rings. The molecule has 1 saturated heterocycles. The number of nitrogens with one attached hydrogen (secondary N) is 1. The molecule has 0 unspecified atom stereocenters. The van der Waals surface area contributed by atoms with Crippen molar-refractivity contribution in [1.29, 1.82) is 0 Å². The van der Waals surface area contributed by atoms with Gasteiger partial charge >= 0.3 is 0 Å². The molecular weight excluding hydrogens is 188 g/mol. The Balaban J connectivity index is 2.17. The number of halogens is 1. The zero-order valence-electron chi connectivity index (χ0n) is 6.96. The molecule has 0 spiro atoms. The standard InChI is InChI=1S/C9H9ClN2O/c1-7-6-11-12(13-7)9-4-2-8(10)3-5-9/h2-5,11H,1,6H2. The van der Waals surface area contributed by atoms with Gasteiger partial charge in [0.15, 0.2) is 0 Å². The predicted molar refractivity (Wildman–Crippen MR) is 52.2 cm³/mol. The molecule has 0 radical (unpaired) electrons. The molecule has 68 valence electrons. The molecule has 0 aliphatic carbocycles. The lowest BCUT2D eigenvalue weighted by Crippen LogP contribution is -2.28. The van der Waals surface area contributed by atoms with Gasteiger partial charge in [0.25, 0.3) is 0 Å². The molecule has 0 amide bonds.